The normalized spacial score (nSPS) is 10.4. The van der Waals surface area contributed by atoms with E-state index in [-0.39, 0.29) is 0 Å². The van der Waals surface area contributed by atoms with Crippen molar-refractivity contribution < 1.29 is 4.18 Å². The molecular formula is C10H13ClOS. The molecule has 1 rings (SSSR count). The predicted molar refractivity (Wildman–Crippen MR) is 58.3 cm³/mol. The van der Waals surface area contributed by atoms with Crippen LogP contribution < -0.4 is 0 Å². The van der Waals surface area contributed by atoms with Crippen LogP contribution >= 0.6 is 23.6 Å². The maximum absolute atomic E-state index is 5.96. The summed E-state index contributed by atoms with van der Waals surface area (Å²) in [6.07, 6.45) is 1.03. The van der Waals surface area contributed by atoms with Crippen LogP contribution in [0.3, 0.4) is 0 Å². The Morgan fingerprint density at radius 3 is 2.85 bits per heavy atom. The van der Waals surface area contributed by atoms with E-state index in [1.54, 1.807) is 0 Å². The second-order valence-electron chi connectivity index (χ2n) is 2.82. The van der Waals surface area contributed by atoms with Crippen molar-refractivity contribution in [3.8, 4) is 0 Å². The average Bonchev–Trinajstić information content (AvgIpc) is 2.12. The highest BCUT2D eigenvalue weighted by Gasteiger charge is 1.98. The minimum atomic E-state index is 0.774. The fraction of sp³-hybridized carbons (Fsp3) is 0.400. The van der Waals surface area contributed by atoms with E-state index in [4.69, 9.17) is 15.8 Å². The molecule has 0 amide bonds. The number of aryl methyl sites for hydroxylation is 1. The molecule has 0 atom stereocenters. The summed E-state index contributed by atoms with van der Waals surface area (Å²) in [5.41, 5.74) is 1.10. The summed E-state index contributed by atoms with van der Waals surface area (Å²) in [6, 6.07) is 5.94. The molecule has 0 saturated carbocycles. The van der Waals surface area contributed by atoms with E-state index in [0.717, 1.165) is 28.5 Å². The number of hydrogen-bond acceptors (Lipinski definition) is 2. The summed E-state index contributed by atoms with van der Waals surface area (Å²) in [5, 5.41) is 0.796. The van der Waals surface area contributed by atoms with Crippen LogP contribution in [0, 0.1) is 6.92 Å². The lowest BCUT2D eigenvalue weighted by Gasteiger charge is -2.02. The first kappa shape index (κ1) is 10.9. The molecule has 0 saturated heterocycles. The third kappa shape index (κ3) is 3.59. The molecule has 0 N–H and O–H groups in total. The van der Waals surface area contributed by atoms with Gasteiger partial charge in [0.25, 0.3) is 0 Å². The van der Waals surface area contributed by atoms with Crippen LogP contribution in [0.5, 0.6) is 0 Å². The zero-order valence-corrected chi connectivity index (χ0v) is 9.41. The molecule has 0 spiro atoms. The first-order valence-corrected chi connectivity index (χ1v) is 5.41. The highest BCUT2D eigenvalue weighted by atomic mass is 35.5. The Hall–Kier alpha value is -0.180. The fourth-order valence-corrected chi connectivity index (χ4v) is 1.74. The largest absolute Gasteiger partial charge is 0.310 e. The number of hydrogen-bond donors (Lipinski definition) is 0. The minimum absolute atomic E-state index is 0.774. The molecule has 0 heterocycles. The van der Waals surface area contributed by atoms with Crippen LogP contribution in [-0.2, 0) is 4.18 Å². The summed E-state index contributed by atoms with van der Waals surface area (Å²) < 4.78 is 5.32. The molecular weight excluding hydrogens is 204 g/mol. The zero-order chi connectivity index (χ0) is 9.68. The van der Waals surface area contributed by atoms with Gasteiger partial charge in [-0.25, -0.2) is 0 Å². The van der Waals surface area contributed by atoms with E-state index in [0.29, 0.717) is 0 Å². The van der Waals surface area contributed by atoms with E-state index in [9.17, 15) is 0 Å². The van der Waals surface area contributed by atoms with Crippen LogP contribution in [-0.4, -0.2) is 6.61 Å². The lowest BCUT2D eigenvalue weighted by atomic mass is 10.2. The molecule has 1 aromatic carbocycles. The molecule has 0 aromatic heterocycles. The molecule has 1 nitrogen and oxygen atoms in total. The lowest BCUT2D eigenvalue weighted by Crippen LogP contribution is -1.83. The van der Waals surface area contributed by atoms with Crippen LogP contribution in [0.15, 0.2) is 23.1 Å². The van der Waals surface area contributed by atoms with Gasteiger partial charge < -0.3 is 4.18 Å². The monoisotopic (exact) mass is 216 g/mol. The molecule has 0 aliphatic rings. The molecule has 3 heteroatoms. The van der Waals surface area contributed by atoms with Crippen LogP contribution in [0.1, 0.15) is 18.9 Å². The Bertz CT molecular complexity index is 276. The smallest absolute Gasteiger partial charge is 0.0615 e. The fourth-order valence-electron chi connectivity index (χ4n) is 0.818. The Morgan fingerprint density at radius 2 is 2.23 bits per heavy atom. The van der Waals surface area contributed by atoms with Crippen molar-refractivity contribution in [3.63, 3.8) is 0 Å². The molecule has 1 aromatic rings. The van der Waals surface area contributed by atoms with Crippen molar-refractivity contribution in [2.24, 2.45) is 0 Å². The molecule has 0 radical (unpaired) electrons. The molecule has 0 aliphatic heterocycles. The van der Waals surface area contributed by atoms with Crippen molar-refractivity contribution >= 4 is 23.6 Å². The Labute approximate surface area is 88.6 Å². The van der Waals surface area contributed by atoms with Gasteiger partial charge in [-0.05, 0) is 31.0 Å². The van der Waals surface area contributed by atoms with Crippen molar-refractivity contribution in [1.29, 1.82) is 0 Å². The maximum Gasteiger partial charge on any atom is 0.0615 e. The van der Waals surface area contributed by atoms with E-state index in [2.05, 4.69) is 6.92 Å². The Kier molecular flexibility index (Phi) is 4.64. The molecule has 72 valence electrons. The van der Waals surface area contributed by atoms with Gasteiger partial charge in [0.15, 0.2) is 0 Å². The SMILES string of the molecule is CCCOSc1ccc(C)c(Cl)c1. The lowest BCUT2D eigenvalue weighted by molar-refractivity contribution is 0.373. The highest BCUT2D eigenvalue weighted by molar-refractivity contribution is 7.94. The van der Waals surface area contributed by atoms with Gasteiger partial charge >= 0.3 is 0 Å². The standard InChI is InChI=1S/C10H13ClOS/c1-3-6-12-13-9-5-4-8(2)10(11)7-9/h4-5,7H,3,6H2,1-2H3. The Balaban J connectivity index is 2.53. The molecule has 0 bridgehead atoms. The number of halogens is 1. The van der Waals surface area contributed by atoms with E-state index in [1.165, 1.54) is 12.0 Å². The third-order valence-corrected chi connectivity index (χ3v) is 2.72. The first-order chi connectivity index (χ1) is 6.24. The average molecular weight is 217 g/mol. The van der Waals surface area contributed by atoms with Gasteiger partial charge in [-0.2, -0.15) is 0 Å². The van der Waals surface area contributed by atoms with Gasteiger partial charge in [0.05, 0.1) is 6.61 Å². The Morgan fingerprint density at radius 1 is 1.46 bits per heavy atom. The molecule has 0 aliphatic carbocycles. The van der Waals surface area contributed by atoms with Gasteiger partial charge in [-0.1, -0.05) is 24.6 Å². The second-order valence-corrected chi connectivity index (χ2v) is 4.10. The highest BCUT2D eigenvalue weighted by Crippen LogP contribution is 2.24. The summed E-state index contributed by atoms with van der Waals surface area (Å²) in [5.74, 6) is 0. The quantitative estimate of drug-likeness (QED) is 0.554. The van der Waals surface area contributed by atoms with Gasteiger partial charge in [0, 0.05) is 22.0 Å². The maximum atomic E-state index is 5.96. The second kappa shape index (κ2) is 5.53. The van der Waals surface area contributed by atoms with Crippen LogP contribution in [0.25, 0.3) is 0 Å². The summed E-state index contributed by atoms with van der Waals surface area (Å²) in [6.45, 7) is 4.85. The molecule has 0 fully saturated rings. The number of benzene rings is 1. The van der Waals surface area contributed by atoms with Gasteiger partial charge in [-0.15, -0.1) is 0 Å². The molecule has 0 unspecified atom stereocenters. The van der Waals surface area contributed by atoms with Crippen LogP contribution in [0.4, 0.5) is 0 Å². The van der Waals surface area contributed by atoms with Crippen molar-refractivity contribution in [2.75, 3.05) is 6.61 Å². The third-order valence-electron chi connectivity index (χ3n) is 1.59. The van der Waals surface area contributed by atoms with Gasteiger partial charge in [0.2, 0.25) is 0 Å². The minimum Gasteiger partial charge on any atom is -0.310 e. The first-order valence-electron chi connectivity index (χ1n) is 4.29. The predicted octanol–water partition coefficient (Wildman–Crippen LogP) is 4.08. The van der Waals surface area contributed by atoms with Crippen molar-refractivity contribution in [2.45, 2.75) is 25.2 Å². The summed E-state index contributed by atoms with van der Waals surface area (Å²) in [4.78, 5) is 1.06. The summed E-state index contributed by atoms with van der Waals surface area (Å²) in [7, 11) is 0. The van der Waals surface area contributed by atoms with E-state index in [1.807, 2.05) is 25.1 Å². The molecule has 13 heavy (non-hydrogen) atoms. The van der Waals surface area contributed by atoms with Crippen LogP contribution in [0.2, 0.25) is 5.02 Å². The van der Waals surface area contributed by atoms with E-state index < -0.39 is 0 Å². The number of rotatable bonds is 4. The topological polar surface area (TPSA) is 9.23 Å². The summed E-state index contributed by atoms with van der Waals surface area (Å²) >= 11 is 7.34. The van der Waals surface area contributed by atoms with E-state index >= 15 is 0 Å². The van der Waals surface area contributed by atoms with Gasteiger partial charge in [-0.3, -0.25) is 0 Å². The van der Waals surface area contributed by atoms with Crippen molar-refractivity contribution in [1.82, 2.24) is 0 Å². The van der Waals surface area contributed by atoms with Gasteiger partial charge in [0.1, 0.15) is 0 Å². The zero-order valence-electron chi connectivity index (χ0n) is 7.84. The van der Waals surface area contributed by atoms with Crippen molar-refractivity contribution in [3.05, 3.63) is 28.8 Å².